The third-order valence-corrected chi connectivity index (χ3v) is 3.91. The van der Waals surface area contributed by atoms with E-state index in [1.165, 1.54) is 0 Å². The number of carboxylic acids is 1. The van der Waals surface area contributed by atoms with Crippen LogP contribution < -0.4 is 5.32 Å². The van der Waals surface area contributed by atoms with Crippen LogP contribution in [0.25, 0.3) is 0 Å². The predicted molar refractivity (Wildman–Crippen MR) is 62.4 cm³/mol. The van der Waals surface area contributed by atoms with E-state index < -0.39 is 17.1 Å². The topological polar surface area (TPSA) is 69.6 Å². The van der Waals surface area contributed by atoms with Gasteiger partial charge in [0.05, 0.1) is 5.60 Å². The first-order chi connectivity index (χ1) is 7.48. The van der Waals surface area contributed by atoms with Crippen molar-refractivity contribution in [1.29, 1.82) is 0 Å². The van der Waals surface area contributed by atoms with Crippen LogP contribution in [-0.4, -0.2) is 33.9 Å². The fourth-order valence-corrected chi connectivity index (χ4v) is 2.42. The highest BCUT2D eigenvalue weighted by atomic mass is 16.4. The molecule has 1 fully saturated rings. The van der Waals surface area contributed by atoms with E-state index in [9.17, 15) is 15.0 Å². The molecule has 0 aromatic rings. The van der Waals surface area contributed by atoms with Gasteiger partial charge in [0.2, 0.25) is 0 Å². The first-order valence-electron chi connectivity index (χ1n) is 6.19. The summed E-state index contributed by atoms with van der Waals surface area (Å²) in [5, 5.41) is 22.5. The standard InChI is InChI=1S/C12H23NO3/c1-3-12(4-2,10(14)15)13-9-11(16)7-5-6-8-11/h13,16H,3-9H2,1-2H3,(H,14,15). The van der Waals surface area contributed by atoms with Gasteiger partial charge in [0.25, 0.3) is 0 Å². The summed E-state index contributed by atoms with van der Waals surface area (Å²) in [7, 11) is 0. The molecule has 16 heavy (non-hydrogen) atoms. The second-order valence-corrected chi connectivity index (χ2v) is 4.88. The Morgan fingerprint density at radius 1 is 1.31 bits per heavy atom. The minimum Gasteiger partial charge on any atom is -0.480 e. The Morgan fingerprint density at radius 3 is 2.19 bits per heavy atom. The summed E-state index contributed by atoms with van der Waals surface area (Å²) >= 11 is 0. The van der Waals surface area contributed by atoms with Gasteiger partial charge in [-0.2, -0.15) is 0 Å². The first-order valence-corrected chi connectivity index (χ1v) is 6.19. The molecule has 0 aliphatic heterocycles. The monoisotopic (exact) mass is 229 g/mol. The Kier molecular flexibility index (Phi) is 4.33. The number of aliphatic hydroxyl groups is 1. The molecule has 4 nitrogen and oxygen atoms in total. The second-order valence-electron chi connectivity index (χ2n) is 4.88. The number of carboxylic acid groups (broad SMARTS) is 1. The van der Waals surface area contributed by atoms with Gasteiger partial charge < -0.3 is 10.2 Å². The van der Waals surface area contributed by atoms with Crippen molar-refractivity contribution in [2.75, 3.05) is 6.54 Å². The zero-order chi connectivity index (χ0) is 12.2. The van der Waals surface area contributed by atoms with E-state index >= 15 is 0 Å². The summed E-state index contributed by atoms with van der Waals surface area (Å²) in [4.78, 5) is 11.2. The van der Waals surface area contributed by atoms with Gasteiger partial charge in [-0.1, -0.05) is 26.7 Å². The maximum atomic E-state index is 11.2. The maximum absolute atomic E-state index is 11.2. The van der Waals surface area contributed by atoms with Crippen LogP contribution >= 0.6 is 0 Å². The Hall–Kier alpha value is -0.610. The van der Waals surface area contributed by atoms with Gasteiger partial charge >= 0.3 is 5.97 Å². The van der Waals surface area contributed by atoms with Crippen molar-refractivity contribution in [2.45, 2.75) is 63.5 Å². The molecule has 4 heteroatoms. The van der Waals surface area contributed by atoms with Gasteiger partial charge in [-0.05, 0) is 25.7 Å². The normalized spacial score (nSPS) is 19.9. The number of carbonyl (C=O) groups is 1. The molecule has 0 spiro atoms. The fraction of sp³-hybridized carbons (Fsp3) is 0.917. The highest BCUT2D eigenvalue weighted by molar-refractivity contribution is 5.78. The highest BCUT2D eigenvalue weighted by Gasteiger charge is 2.38. The molecule has 0 aromatic heterocycles. The zero-order valence-corrected chi connectivity index (χ0v) is 10.3. The minimum absolute atomic E-state index is 0.390. The summed E-state index contributed by atoms with van der Waals surface area (Å²) < 4.78 is 0. The molecule has 0 amide bonds. The highest BCUT2D eigenvalue weighted by Crippen LogP contribution is 2.29. The predicted octanol–water partition coefficient (Wildman–Crippen LogP) is 1.52. The molecule has 0 aromatic carbocycles. The van der Waals surface area contributed by atoms with Crippen molar-refractivity contribution >= 4 is 5.97 Å². The second kappa shape index (κ2) is 5.15. The van der Waals surface area contributed by atoms with Crippen molar-refractivity contribution in [3.8, 4) is 0 Å². The average molecular weight is 229 g/mol. The lowest BCUT2D eigenvalue weighted by Gasteiger charge is -2.32. The summed E-state index contributed by atoms with van der Waals surface area (Å²) in [5.74, 6) is -0.820. The van der Waals surface area contributed by atoms with Crippen LogP contribution in [0.4, 0.5) is 0 Å². The van der Waals surface area contributed by atoms with Crippen LogP contribution in [0, 0.1) is 0 Å². The summed E-state index contributed by atoms with van der Waals surface area (Å²) in [6, 6.07) is 0. The van der Waals surface area contributed by atoms with E-state index in [2.05, 4.69) is 5.32 Å². The van der Waals surface area contributed by atoms with E-state index in [-0.39, 0.29) is 0 Å². The molecule has 3 N–H and O–H groups in total. The van der Waals surface area contributed by atoms with Gasteiger partial charge in [-0.25, -0.2) is 0 Å². The van der Waals surface area contributed by atoms with E-state index in [0.717, 1.165) is 25.7 Å². The minimum atomic E-state index is -0.877. The molecule has 0 unspecified atom stereocenters. The number of hydrogen-bond donors (Lipinski definition) is 3. The SMILES string of the molecule is CCC(CC)(NCC1(O)CCCC1)C(=O)O. The number of nitrogens with one attached hydrogen (secondary N) is 1. The van der Waals surface area contributed by atoms with Crippen molar-refractivity contribution in [2.24, 2.45) is 0 Å². The van der Waals surface area contributed by atoms with Crippen molar-refractivity contribution in [1.82, 2.24) is 5.32 Å². The van der Waals surface area contributed by atoms with Gasteiger partial charge in [0, 0.05) is 6.54 Å². The number of rotatable bonds is 6. The molecule has 0 heterocycles. The van der Waals surface area contributed by atoms with E-state index in [4.69, 9.17) is 0 Å². The lowest BCUT2D eigenvalue weighted by molar-refractivity contribution is -0.145. The van der Waals surface area contributed by atoms with Crippen molar-refractivity contribution in [3.63, 3.8) is 0 Å². The van der Waals surface area contributed by atoms with E-state index in [1.54, 1.807) is 0 Å². The maximum Gasteiger partial charge on any atom is 0.323 e. The molecule has 0 saturated heterocycles. The average Bonchev–Trinajstić information content (AvgIpc) is 2.67. The number of aliphatic carboxylic acids is 1. The Morgan fingerprint density at radius 2 is 1.81 bits per heavy atom. The fourth-order valence-electron chi connectivity index (χ4n) is 2.42. The zero-order valence-electron chi connectivity index (χ0n) is 10.3. The largest absolute Gasteiger partial charge is 0.480 e. The van der Waals surface area contributed by atoms with Crippen LogP contribution in [-0.2, 0) is 4.79 Å². The van der Waals surface area contributed by atoms with Crippen molar-refractivity contribution in [3.05, 3.63) is 0 Å². The van der Waals surface area contributed by atoms with E-state index in [1.807, 2.05) is 13.8 Å². The number of β-amino-alcohol motifs (C(OH)–C–C–N with tert-alkyl or cyclic N) is 1. The van der Waals surface area contributed by atoms with Crippen molar-refractivity contribution < 1.29 is 15.0 Å². The molecule has 1 saturated carbocycles. The third-order valence-electron chi connectivity index (χ3n) is 3.91. The summed E-state index contributed by atoms with van der Waals surface area (Å²) in [5.41, 5.74) is -1.57. The van der Waals surface area contributed by atoms with Crippen LogP contribution in [0.5, 0.6) is 0 Å². The van der Waals surface area contributed by atoms with Gasteiger partial charge in [0.15, 0.2) is 0 Å². The smallest absolute Gasteiger partial charge is 0.323 e. The lowest BCUT2D eigenvalue weighted by atomic mass is 9.91. The van der Waals surface area contributed by atoms with Crippen LogP contribution in [0.3, 0.4) is 0 Å². The molecular formula is C12H23NO3. The summed E-state index contributed by atoms with van der Waals surface area (Å²) in [6.45, 7) is 4.12. The molecule has 1 rings (SSSR count). The van der Waals surface area contributed by atoms with Gasteiger partial charge in [-0.15, -0.1) is 0 Å². The molecule has 94 valence electrons. The molecule has 0 atom stereocenters. The molecule has 0 radical (unpaired) electrons. The van der Waals surface area contributed by atoms with Crippen LogP contribution in [0.1, 0.15) is 52.4 Å². The molecular weight excluding hydrogens is 206 g/mol. The third kappa shape index (κ3) is 2.74. The molecule has 1 aliphatic carbocycles. The molecule has 1 aliphatic rings. The summed E-state index contributed by atoms with van der Waals surface area (Å²) in [6.07, 6.45) is 4.71. The lowest BCUT2D eigenvalue weighted by Crippen LogP contribution is -2.55. The van der Waals surface area contributed by atoms with Crippen LogP contribution in [0.2, 0.25) is 0 Å². The molecule has 0 bridgehead atoms. The van der Waals surface area contributed by atoms with Gasteiger partial charge in [0.1, 0.15) is 5.54 Å². The Balaban J connectivity index is 2.59. The van der Waals surface area contributed by atoms with E-state index in [0.29, 0.717) is 19.4 Å². The number of hydrogen-bond acceptors (Lipinski definition) is 3. The quantitative estimate of drug-likeness (QED) is 0.646. The van der Waals surface area contributed by atoms with Crippen LogP contribution in [0.15, 0.2) is 0 Å². The Labute approximate surface area is 97.0 Å². The first kappa shape index (κ1) is 13.5. The van der Waals surface area contributed by atoms with Gasteiger partial charge in [-0.3, -0.25) is 10.1 Å². The Bertz CT molecular complexity index is 243.